The van der Waals surface area contributed by atoms with E-state index in [4.69, 9.17) is 15.9 Å². The Morgan fingerprint density at radius 1 is 1.35 bits per heavy atom. The molecule has 20 heavy (non-hydrogen) atoms. The molecule has 0 aliphatic carbocycles. The molecule has 110 valence electrons. The quantitative estimate of drug-likeness (QED) is 0.580. The van der Waals surface area contributed by atoms with E-state index in [1.807, 2.05) is 26.0 Å². The minimum Gasteiger partial charge on any atom is -0.497 e. The molecule has 0 aliphatic heterocycles. The van der Waals surface area contributed by atoms with Crippen LogP contribution in [-0.2, 0) is 12.8 Å². The highest BCUT2D eigenvalue weighted by atomic mass is 16.5. The van der Waals surface area contributed by atoms with Crippen molar-refractivity contribution < 1.29 is 9.53 Å². The van der Waals surface area contributed by atoms with Gasteiger partial charge in [-0.25, -0.2) is 9.69 Å². The highest BCUT2D eigenvalue weighted by molar-refractivity contribution is 6.14. The van der Waals surface area contributed by atoms with Gasteiger partial charge in [-0.3, -0.25) is 5.41 Å². The van der Waals surface area contributed by atoms with Crippen LogP contribution in [0.4, 0.5) is 10.5 Å². The molecule has 2 amide bonds. The SMILES string of the molecule is CCc1cc(OC)cc(CC)c1N(C(=N)N)C(=O)NC. The molecule has 0 unspecified atom stereocenters. The van der Waals surface area contributed by atoms with E-state index in [1.54, 1.807) is 7.11 Å². The standard InChI is InChI=1S/C14H22N4O2/c1-5-9-7-11(20-4)8-10(6-2)12(9)18(13(15)16)14(19)17-3/h7-8H,5-6H2,1-4H3,(H3,15,16)(H,17,19). The van der Waals surface area contributed by atoms with Crippen LogP contribution in [-0.4, -0.2) is 26.1 Å². The molecule has 0 fully saturated rings. The Kier molecular flexibility index (Phi) is 5.37. The van der Waals surface area contributed by atoms with Crippen molar-refractivity contribution in [2.45, 2.75) is 26.7 Å². The van der Waals surface area contributed by atoms with Crippen LogP contribution in [0.3, 0.4) is 0 Å². The first-order valence-corrected chi connectivity index (χ1v) is 6.55. The molecule has 1 rings (SSSR count). The lowest BCUT2D eigenvalue weighted by molar-refractivity contribution is 0.251. The second-order valence-electron chi connectivity index (χ2n) is 4.28. The van der Waals surface area contributed by atoms with E-state index in [9.17, 15) is 4.79 Å². The van der Waals surface area contributed by atoms with Crippen LogP contribution in [0.15, 0.2) is 12.1 Å². The number of aryl methyl sites for hydroxylation is 2. The summed E-state index contributed by atoms with van der Waals surface area (Å²) in [6, 6.07) is 3.31. The minimum atomic E-state index is -0.424. The van der Waals surface area contributed by atoms with Crippen molar-refractivity contribution in [1.82, 2.24) is 5.32 Å². The van der Waals surface area contributed by atoms with Crippen molar-refractivity contribution in [1.29, 1.82) is 5.41 Å². The molecule has 1 aromatic rings. The van der Waals surface area contributed by atoms with Crippen LogP contribution in [0.1, 0.15) is 25.0 Å². The van der Waals surface area contributed by atoms with Crippen molar-refractivity contribution in [3.05, 3.63) is 23.3 Å². The van der Waals surface area contributed by atoms with Gasteiger partial charge in [0.1, 0.15) is 5.75 Å². The molecule has 0 heterocycles. The molecule has 0 bridgehead atoms. The van der Waals surface area contributed by atoms with E-state index in [-0.39, 0.29) is 5.96 Å². The van der Waals surface area contributed by atoms with Gasteiger partial charge in [-0.1, -0.05) is 13.8 Å². The molecular weight excluding hydrogens is 256 g/mol. The second kappa shape index (κ2) is 6.79. The topological polar surface area (TPSA) is 91.4 Å². The Hall–Kier alpha value is -2.24. The number of nitrogens with zero attached hydrogens (tertiary/aromatic N) is 1. The summed E-state index contributed by atoms with van der Waals surface area (Å²) in [4.78, 5) is 13.2. The van der Waals surface area contributed by atoms with Gasteiger partial charge >= 0.3 is 6.03 Å². The summed E-state index contributed by atoms with van der Waals surface area (Å²) in [7, 11) is 3.12. The lowest BCUT2D eigenvalue weighted by atomic mass is 10.0. The Labute approximate surface area is 119 Å². The van der Waals surface area contributed by atoms with Crippen molar-refractivity contribution in [3.8, 4) is 5.75 Å². The van der Waals surface area contributed by atoms with Gasteiger partial charge < -0.3 is 15.8 Å². The van der Waals surface area contributed by atoms with Gasteiger partial charge in [0.2, 0.25) is 5.96 Å². The number of hydrogen-bond acceptors (Lipinski definition) is 3. The van der Waals surface area contributed by atoms with Crippen molar-refractivity contribution in [2.24, 2.45) is 5.73 Å². The van der Waals surface area contributed by atoms with E-state index >= 15 is 0 Å². The van der Waals surface area contributed by atoms with Crippen LogP contribution in [0.2, 0.25) is 0 Å². The number of rotatable bonds is 4. The zero-order valence-electron chi connectivity index (χ0n) is 12.4. The van der Waals surface area contributed by atoms with E-state index in [0.717, 1.165) is 16.9 Å². The van der Waals surface area contributed by atoms with Gasteiger partial charge in [0.25, 0.3) is 0 Å². The number of methoxy groups -OCH3 is 1. The van der Waals surface area contributed by atoms with Crippen LogP contribution in [0, 0.1) is 5.41 Å². The van der Waals surface area contributed by atoms with Crippen molar-refractivity contribution in [2.75, 3.05) is 19.1 Å². The molecule has 1 aromatic carbocycles. The number of carbonyl (C=O) groups excluding carboxylic acids is 1. The summed E-state index contributed by atoms with van der Waals surface area (Å²) in [5, 5.41) is 10.2. The van der Waals surface area contributed by atoms with Crippen molar-refractivity contribution in [3.63, 3.8) is 0 Å². The third kappa shape index (κ3) is 3.01. The number of benzene rings is 1. The van der Waals surface area contributed by atoms with Gasteiger partial charge in [-0.15, -0.1) is 0 Å². The van der Waals surface area contributed by atoms with E-state index < -0.39 is 6.03 Å². The largest absolute Gasteiger partial charge is 0.497 e. The molecule has 0 spiro atoms. The van der Waals surface area contributed by atoms with Crippen LogP contribution in [0.5, 0.6) is 5.75 Å². The number of nitrogens with one attached hydrogen (secondary N) is 2. The van der Waals surface area contributed by atoms with E-state index in [0.29, 0.717) is 18.5 Å². The molecule has 0 aromatic heterocycles. The number of urea groups is 1. The fraction of sp³-hybridized carbons (Fsp3) is 0.429. The molecule has 0 atom stereocenters. The summed E-state index contributed by atoms with van der Waals surface area (Å²) in [6.45, 7) is 3.97. The number of ether oxygens (including phenoxy) is 1. The molecule has 6 heteroatoms. The van der Waals surface area contributed by atoms with E-state index in [1.165, 1.54) is 11.9 Å². The summed E-state index contributed by atoms with van der Waals surface area (Å²) in [5.74, 6) is 0.432. The Morgan fingerprint density at radius 2 is 1.85 bits per heavy atom. The number of hydrogen-bond donors (Lipinski definition) is 3. The van der Waals surface area contributed by atoms with Gasteiger partial charge in [0.05, 0.1) is 12.8 Å². The maximum absolute atomic E-state index is 12.0. The summed E-state index contributed by atoms with van der Waals surface area (Å²) in [6.07, 6.45) is 1.42. The first-order valence-electron chi connectivity index (χ1n) is 6.55. The molecule has 4 N–H and O–H groups in total. The minimum absolute atomic E-state index is 0.307. The highest BCUT2D eigenvalue weighted by Crippen LogP contribution is 2.31. The monoisotopic (exact) mass is 278 g/mol. The highest BCUT2D eigenvalue weighted by Gasteiger charge is 2.23. The van der Waals surface area contributed by atoms with Crippen LogP contribution in [0.25, 0.3) is 0 Å². The molecular formula is C14H22N4O2. The molecule has 0 saturated heterocycles. The number of carbonyl (C=O) groups is 1. The number of anilines is 1. The maximum atomic E-state index is 12.0. The van der Waals surface area contributed by atoms with Crippen molar-refractivity contribution >= 4 is 17.7 Å². The zero-order chi connectivity index (χ0) is 15.3. The predicted molar refractivity (Wildman–Crippen MR) is 80.6 cm³/mol. The van der Waals surface area contributed by atoms with Gasteiger partial charge in [0.15, 0.2) is 0 Å². The summed E-state index contributed by atoms with van der Waals surface area (Å²) < 4.78 is 5.28. The van der Waals surface area contributed by atoms with E-state index in [2.05, 4.69) is 5.32 Å². The predicted octanol–water partition coefficient (Wildman–Crippen LogP) is 1.86. The third-order valence-electron chi connectivity index (χ3n) is 3.12. The van der Waals surface area contributed by atoms with Gasteiger partial charge in [-0.05, 0) is 36.1 Å². The fourth-order valence-electron chi connectivity index (χ4n) is 2.12. The normalized spacial score (nSPS) is 10.0. The Bertz CT molecular complexity index is 489. The summed E-state index contributed by atoms with van der Waals surface area (Å²) in [5.41, 5.74) is 8.08. The smallest absolute Gasteiger partial charge is 0.328 e. The van der Waals surface area contributed by atoms with Gasteiger partial charge in [-0.2, -0.15) is 0 Å². The molecule has 0 saturated carbocycles. The van der Waals surface area contributed by atoms with Crippen LogP contribution < -0.4 is 20.7 Å². The first-order chi connectivity index (χ1) is 9.49. The Balaban J connectivity index is 3.53. The lowest BCUT2D eigenvalue weighted by Crippen LogP contribution is -2.47. The fourth-order valence-corrected chi connectivity index (χ4v) is 2.12. The zero-order valence-corrected chi connectivity index (χ0v) is 12.4. The average Bonchev–Trinajstić information content (AvgIpc) is 2.46. The summed E-state index contributed by atoms with van der Waals surface area (Å²) >= 11 is 0. The second-order valence-corrected chi connectivity index (χ2v) is 4.28. The lowest BCUT2D eigenvalue weighted by Gasteiger charge is -2.26. The molecule has 6 nitrogen and oxygen atoms in total. The van der Waals surface area contributed by atoms with Gasteiger partial charge in [0, 0.05) is 7.05 Å². The number of nitrogens with two attached hydrogens (primary N) is 1. The number of guanidine groups is 1. The molecule has 0 radical (unpaired) electrons. The van der Waals surface area contributed by atoms with Crippen LogP contribution >= 0.6 is 0 Å². The average molecular weight is 278 g/mol. The maximum Gasteiger partial charge on any atom is 0.328 e. The third-order valence-corrected chi connectivity index (χ3v) is 3.12. The number of amides is 2. The molecule has 0 aliphatic rings. The Morgan fingerprint density at radius 3 is 2.15 bits per heavy atom. The first kappa shape index (κ1) is 15.8.